The monoisotopic (exact) mass is 204 g/mol. The molecular formula is C10H20O4. The first-order valence-corrected chi connectivity index (χ1v) is 5.09. The van der Waals surface area contributed by atoms with E-state index in [2.05, 4.69) is 0 Å². The summed E-state index contributed by atoms with van der Waals surface area (Å²) < 4.78 is 15.3. The summed E-state index contributed by atoms with van der Waals surface area (Å²) in [5, 5.41) is 0. The summed E-state index contributed by atoms with van der Waals surface area (Å²) in [4.78, 5) is 11.4. The Hall–Kier alpha value is -0.610. The Morgan fingerprint density at radius 1 is 1.14 bits per heavy atom. The van der Waals surface area contributed by atoms with E-state index in [1.165, 1.54) is 0 Å². The van der Waals surface area contributed by atoms with Gasteiger partial charge in [0.15, 0.2) is 0 Å². The molecule has 0 saturated carbocycles. The lowest BCUT2D eigenvalue weighted by atomic mass is 10.3. The van der Waals surface area contributed by atoms with Crippen molar-refractivity contribution < 1.29 is 19.0 Å². The van der Waals surface area contributed by atoms with E-state index in [0.29, 0.717) is 13.2 Å². The van der Waals surface area contributed by atoms with Crippen LogP contribution in [0.5, 0.6) is 0 Å². The Morgan fingerprint density at radius 3 is 2.00 bits per heavy atom. The Morgan fingerprint density at radius 2 is 1.64 bits per heavy atom. The third-order valence-corrected chi connectivity index (χ3v) is 1.72. The molecule has 0 aromatic heterocycles. The third kappa shape index (κ3) is 5.19. The van der Waals surface area contributed by atoms with Crippen LogP contribution in [-0.4, -0.2) is 31.6 Å². The second-order valence-electron chi connectivity index (χ2n) is 2.90. The predicted octanol–water partition coefficient (Wildman–Crippen LogP) is 1.73. The fraction of sp³-hybridized carbons (Fsp3) is 0.900. The lowest BCUT2D eigenvalue weighted by Gasteiger charge is -2.18. The highest BCUT2D eigenvalue weighted by Gasteiger charge is 2.21. The lowest BCUT2D eigenvalue weighted by Crippen LogP contribution is -2.31. The van der Waals surface area contributed by atoms with E-state index in [4.69, 9.17) is 14.2 Å². The van der Waals surface area contributed by atoms with Crippen LogP contribution in [0, 0.1) is 0 Å². The molecule has 0 heterocycles. The van der Waals surface area contributed by atoms with E-state index >= 15 is 0 Å². The van der Waals surface area contributed by atoms with Crippen molar-refractivity contribution in [1.29, 1.82) is 0 Å². The highest BCUT2D eigenvalue weighted by atomic mass is 16.7. The summed E-state index contributed by atoms with van der Waals surface area (Å²) in [5.41, 5.74) is 0. The number of carbonyl (C=O) groups excluding carboxylic acids is 1. The van der Waals surface area contributed by atoms with Gasteiger partial charge in [0.2, 0.25) is 0 Å². The van der Waals surface area contributed by atoms with Crippen molar-refractivity contribution in [2.24, 2.45) is 0 Å². The predicted molar refractivity (Wildman–Crippen MR) is 52.9 cm³/mol. The average molecular weight is 204 g/mol. The molecule has 0 N–H and O–H groups in total. The van der Waals surface area contributed by atoms with Crippen molar-refractivity contribution in [2.75, 3.05) is 13.2 Å². The maximum absolute atomic E-state index is 11.4. The van der Waals surface area contributed by atoms with Crippen LogP contribution in [0.1, 0.15) is 34.1 Å². The van der Waals surface area contributed by atoms with Crippen molar-refractivity contribution >= 4 is 5.97 Å². The fourth-order valence-corrected chi connectivity index (χ4v) is 0.824. The summed E-state index contributed by atoms with van der Waals surface area (Å²) in [6.45, 7) is 8.27. The molecule has 0 aliphatic rings. The molecule has 0 aromatic rings. The van der Waals surface area contributed by atoms with Gasteiger partial charge in [0.05, 0.1) is 6.10 Å². The summed E-state index contributed by atoms with van der Waals surface area (Å²) in [7, 11) is 0. The fourth-order valence-electron chi connectivity index (χ4n) is 0.824. The third-order valence-electron chi connectivity index (χ3n) is 1.72. The van der Waals surface area contributed by atoms with E-state index in [1.54, 1.807) is 0 Å². The van der Waals surface area contributed by atoms with Gasteiger partial charge < -0.3 is 14.2 Å². The van der Waals surface area contributed by atoms with E-state index in [-0.39, 0.29) is 6.10 Å². The number of esters is 1. The molecule has 0 fully saturated rings. The van der Waals surface area contributed by atoms with Gasteiger partial charge in [-0.3, -0.25) is 0 Å². The molecule has 14 heavy (non-hydrogen) atoms. The van der Waals surface area contributed by atoms with E-state index in [9.17, 15) is 4.79 Å². The molecule has 0 aliphatic heterocycles. The van der Waals surface area contributed by atoms with Gasteiger partial charge in [-0.05, 0) is 27.2 Å². The van der Waals surface area contributed by atoms with Gasteiger partial charge in [-0.2, -0.15) is 0 Å². The molecule has 0 radical (unpaired) electrons. The highest BCUT2D eigenvalue weighted by Crippen LogP contribution is 2.03. The standard InChI is InChI=1S/C10H20O4/c1-5-8(4)14-9(11)10(12-6-2)13-7-3/h8,10H,5-7H2,1-4H3. The number of carbonyl (C=O) groups is 1. The summed E-state index contributed by atoms with van der Waals surface area (Å²) in [6, 6.07) is 0. The van der Waals surface area contributed by atoms with Crippen molar-refractivity contribution in [3.05, 3.63) is 0 Å². The molecule has 4 heteroatoms. The van der Waals surface area contributed by atoms with Crippen molar-refractivity contribution in [2.45, 2.75) is 46.5 Å². The van der Waals surface area contributed by atoms with Gasteiger partial charge in [0.25, 0.3) is 6.29 Å². The minimum atomic E-state index is -0.876. The summed E-state index contributed by atoms with van der Waals surface area (Å²) in [6.07, 6.45) is -0.179. The molecule has 0 bridgehead atoms. The molecule has 0 amide bonds. The molecule has 1 unspecified atom stereocenters. The number of hydrogen-bond acceptors (Lipinski definition) is 4. The largest absolute Gasteiger partial charge is 0.459 e. The minimum absolute atomic E-state index is 0.0917. The van der Waals surface area contributed by atoms with Crippen LogP contribution in [0.25, 0.3) is 0 Å². The SMILES string of the molecule is CCOC(OCC)C(=O)OC(C)CC. The molecule has 0 aliphatic carbocycles. The maximum atomic E-state index is 11.4. The highest BCUT2D eigenvalue weighted by molar-refractivity contribution is 5.73. The van der Waals surface area contributed by atoms with Crippen molar-refractivity contribution in [1.82, 2.24) is 0 Å². The molecule has 0 aromatic carbocycles. The van der Waals surface area contributed by atoms with Crippen LogP contribution in [0.2, 0.25) is 0 Å². The molecule has 0 spiro atoms. The Kier molecular flexibility index (Phi) is 7.42. The lowest BCUT2D eigenvalue weighted by molar-refractivity contribution is -0.197. The van der Waals surface area contributed by atoms with E-state index in [1.807, 2.05) is 27.7 Å². The van der Waals surface area contributed by atoms with Gasteiger partial charge in [0.1, 0.15) is 0 Å². The average Bonchev–Trinajstić information content (AvgIpc) is 2.17. The zero-order valence-electron chi connectivity index (χ0n) is 9.41. The molecule has 0 rings (SSSR count). The second kappa shape index (κ2) is 7.76. The molecular weight excluding hydrogens is 184 g/mol. The van der Waals surface area contributed by atoms with Crippen LogP contribution < -0.4 is 0 Å². The van der Waals surface area contributed by atoms with Gasteiger partial charge in [0, 0.05) is 13.2 Å². The number of ether oxygens (including phenoxy) is 3. The topological polar surface area (TPSA) is 44.8 Å². The molecule has 1 atom stereocenters. The van der Waals surface area contributed by atoms with Gasteiger partial charge >= 0.3 is 5.97 Å². The summed E-state index contributed by atoms with van der Waals surface area (Å²) >= 11 is 0. The smallest absolute Gasteiger partial charge is 0.363 e. The first-order chi connectivity index (χ1) is 6.65. The van der Waals surface area contributed by atoms with E-state index in [0.717, 1.165) is 6.42 Å². The summed E-state index contributed by atoms with van der Waals surface area (Å²) in [5.74, 6) is -0.442. The molecule has 84 valence electrons. The molecule has 4 nitrogen and oxygen atoms in total. The Bertz CT molecular complexity index is 152. The number of rotatable bonds is 7. The van der Waals surface area contributed by atoms with Gasteiger partial charge in [-0.25, -0.2) is 4.79 Å². The zero-order chi connectivity index (χ0) is 11.0. The Balaban J connectivity index is 4.00. The second-order valence-corrected chi connectivity index (χ2v) is 2.90. The normalized spacial score (nSPS) is 12.9. The van der Waals surface area contributed by atoms with Gasteiger partial charge in [-0.1, -0.05) is 6.92 Å². The van der Waals surface area contributed by atoms with Crippen LogP contribution in [0.4, 0.5) is 0 Å². The number of hydrogen-bond donors (Lipinski definition) is 0. The first-order valence-electron chi connectivity index (χ1n) is 5.09. The Labute approximate surface area is 85.5 Å². The van der Waals surface area contributed by atoms with Crippen LogP contribution in [0.3, 0.4) is 0 Å². The zero-order valence-corrected chi connectivity index (χ0v) is 9.41. The van der Waals surface area contributed by atoms with Crippen LogP contribution in [-0.2, 0) is 19.0 Å². The maximum Gasteiger partial charge on any atom is 0.363 e. The molecule has 0 saturated heterocycles. The van der Waals surface area contributed by atoms with E-state index < -0.39 is 12.3 Å². The van der Waals surface area contributed by atoms with Crippen LogP contribution in [0.15, 0.2) is 0 Å². The quantitative estimate of drug-likeness (QED) is 0.468. The first kappa shape index (κ1) is 13.4. The van der Waals surface area contributed by atoms with Crippen LogP contribution >= 0.6 is 0 Å². The van der Waals surface area contributed by atoms with Gasteiger partial charge in [-0.15, -0.1) is 0 Å². The van der Waals surface area contributed by atoms with Crippen molar-refractivity contribution in [3.63, 3.8) is 0 Å². The minimum Gasteiger partial charge on any atom is -0.459 e. The van der Waals surface area contributed by atoms with Crippen molar-refractivity contribution in [3.8, 4) is 0 Å².